The van der Waals surface area contributed by atoms with Crippen molar-refractivity contribution in [2.24, 2.45) is 0 Å². The summed E-state index contributed by atoms with van der Waals surface area (Å²) in [5.41, 5.74) is 1.18. The Morgan fingerprint density at radius 3 is 2.38 bits per heavy atom. The maximum absolute atomic E-state index is 12.7. The second-order valence-corrected chi connectivity index (χ2v) is 7.08. The molecule has 7 heteroatoms. The van der Waals surface area contributed by atoms with E-state index in [0.717, 1.165) is 18.9 Å². The molecule has 0 spiro atoms. The molecular weight excluding hydrogens is 368 g/mol. The van der Waals surface area contributed by atoms with Gasteiger partial charge in [0.25, 0.3) is 0 Å². The van der Waals surface area contributed by atoms with Gasteiger partial charge in [0.15, 0.2) is 5.78 Å². The van der Waals surface area contributed by atoms with Crippen molar-refractivity contribution in [2.75, 3.05) is 42.5 Å². The number of carbonyl (C=O) groups is 3. The molecule has 3 rings (SSSR count). The third-order valence-electron chi connectivity index (χ3n) is 5.10. The fourth-order valence-electron chi connectivity index (χ4n) is 3.45. The van der Waals surface area contributed by atoms with E-state index in [0.29, 0.717) is 24.3 Å². The second kappa shape index (κ2) is 9.32. The molecule has 0 bridgehead atoms. The number of anilines is 2. The number of ketones is 1. The number of amides is 2. The maximum atomic E-state index is 12.7. The highest BCUT2D eigenvalue weighted by atomic mass is 16.2. The quantitative estimate of drug-likeness (QED) is 0.704. The highest BCUT2D eigenvalue weighted by Gasteiger charge is 2.23. The molecule has 0 N–H and O–H groups in total. The van der Waals surface area contributed by atoms with Crippen LogP contribution in [0.4, 0.5) is 11.5 Å². The van der Waals surface area contributed by atoms with Gasteiger partial charge in [-0.25, -0.2) is 4.98 Å². The Morgan fingerprint density at radius 1 is 1.00 bits per heavy atom. The van der Waals surface area contributed by atoms with Crippen molar-refractivity contribution in [3.8, 4) is 0 Å². The highest BCUT2D eigenvalue weighted by molar-refractivity contribution is 5.97. The lowest BCUT2D eigenvalue weighted by molar-refractivity contribution is -0.131. The van der Waals surface area contributed by atoms with Crippen molar-refractivity contribution in [3.05, 3.63) is 54.2 Å². The van der Waals surface area contributed by atoms with Gasteiger partial charge in [0.1, 0.15) is 5.82 Å². The zero-order chi connectivity index (χ0) is 20.8. The van der Waals surface area contributed by atoms with Crippen LogP contribution >= 0.6 is 0 Å². The number of pyridine rings is 1. The zero-order valence-electron chi connectivity index (χ0n) is 16.9. The van der Waals surface area contributed by atoms with Crippen LogP contribution in [0.2, 0.25) is 0 Å². The van der Waals surface area contributed by atoms with E-state index in [1.54, 1.807) is 35.4 Å². The molecule has 7 nitrogen and oxygen atoms in total. The minimum Gasteiger partial charge on any atom is -0.353 e. The van der Waals surface area contributed by atoms with Crippen LogP contribution in [0.3, 0.4) is 0 Å². The number of rotatable bonds is 6. The molecule has 0 aliphatic carbocycles. The van der Waals surface area contributed by atoms with E-state index in [9.17, 15) is 14.4 Å². The number of nitrogens with zero attached hydrogens (tertiary/aromatic N) is 4. The van der Waals surface area contributed by atoms with E-state index in [1.807, 2.05) is 23.1 Å². The largest absolute Gasteiger partial charge is 0.353 e. The summed E-state index contributed by atoms with van der Waals surface area (Å²) in [6, 6.07) is 12.8. The van der Waals surface area contributed by atoms with Crippen molar-refractivity contribution >= 4 is 29.1 Å². The summed E-state index contributed by atoms with van der Waals surface area (Å²) in [5, 5.41) is 0. The molecule has 2 heterocycles. The van der Waals surface area contributed by atoms with Crippen molar-refractivity contribution < 1.29 is 14.4 Å². The van der Waals surface area contributed by atoms with Crippen LogP contribution in [0.15, 0.2) is 48.7 Å². The van der Waals surface area contributed by atoms with E-state index in [4.69, 9.17) is 0 Å². The van der Waals surface area contributed by atoms with Gasteiger partial charge in [-0.15, -0.1) is 0 Å². The van der Waals surface area contributed by atoms with Gasteiger partial charge >= 0.3 is 0 Å². The standard InChI is InChI=1S/C22H26N4O3/c1-17(27)19-6-5-7-20(16-19)26(18(2)28)11-9-22(29)25-14-12-24(13-15-25)21-8-3-4-10-23-21/h3-8,10,16H,9,11-15H2,1-2H3. The summed E-state index contributed by atoms with van der Waals surface area (Å²) in [4.78, 5) is 46.3. The lowest BCUT2D eigenvalue weighted by Crippen LogP contribution is -2.49. The molecule has 1 fully saturated rings. The van der Waals surface area contributed by atoms with Crippen molar-refractivity contribution in [1.82, 2.24) is 9.88 Å². The Hall–Kier alpha value is -3.22. The van der Waals surface area contributed by atoms with Crippen LogP contribution in [-0.4, -0.2) is 60.2 Å². The lowest BCUT2D eigenvalue weighted by atomic mass is 10.1. The summed E-state index contributed by atoms with van der Waals surface area (Å²) in [7, 11) is 0. The van der Waals surface area contributed by atoms with Crippen molar-refractivity contribution in [2.45, 2.75) is 20.3 Å². The van der Waals surface area contributed by atoms with E-state index >= 15 is 0 Å². The lowest BCUT2D eigenvalue weighted by Gasteiger charge is -2.35. The molecule has 2 amide bonds. The summed E-state index contributed by atoms with van der Waals surface area (Å²) in [5.74, 6) is 0.739. The molecule has 0 atom stereocenters. The summed E-state index contributed by atoms with van der Waals surface area (Å²) < 4.78 is 0. The number of piperazine rings is 1. The number of benzene rings is 1. The summed E-state index contributed by atoms with van der Waals surface area (Å²) in [6.45, 7) is 5.99. The van der Waals surface area contributed by atoms with Crippen LogP contribution in [0.25, 0.3) is 0 Å². The average molecular weight is 394 g/mol. The van der Waals surface area contributed by atoms with E-state index < -0.39 is 0 Å². The first-order valence-corrected chi connectivity index (χ1v) is 9.78. The second-order valence-electron chi connectivity index (χ2n) is 7.08. The Balaban J connectivity index is 1.57. The topological polar surface area (TPSA) is 73.8 Å². The third-order valence-corrected chi connectivity index (χ3v) is 5.10. The molecule has 1 aromatic carbocycles. The van der Waals surface area contributed by atoms with Gasteiger partial charge in [-0.3, -0.25) is 14.4 Å². The molecule has 152 valence electrons. The first-order valence-electron chi connectivity index (χ1n) is 9.78. The van der Waals surface area contributed by atoms with E-state index in [1.165, 1.54) is 13.8 Å². The fraction of sp³-hybridized carbons (Fsp3) is 0.364. The molecule has 2 aromatic rings. The van der Waals surface area contributed by atoms with Gasteiger partial charge in [0.05, 0.1) is 0 Å². The Bertz CT molecular complexity index is 877. The first kappa shape index (κ1) is 20.5. The first-order chi connectivity index (χ1) is 14.0. The molecule has 0 unspecified atom stereocenters. The average Bonchev–Trinajstić information content (AvgIpc) is 2.74. The SMILES string of the molecule is CC(=O)c1cccc(N(CCC(=O)N2CCN(c3ccccn3)CC2)C(C)=O)c1. The number of hydrogen-bond donors (Lipinski definition) is 0. The Morgan fingerprint density at radius 2 is 1.76 bits per heavy atom. The third kappa shape index (κ3) is 5.19. The predicted octanol–water partition coefficient (Wildman–Crippen LogP) is 2.38. The van der Waals surface area contributed by atoms with Crippen LogP contribution in [0.1, 0.15) is 30.6 Å². The number of aromatic nitrogens is 1. The van der Waals surface area contributed by atoms with E-state index in [-0.39, 0.29) is 30.6 Å². The Labute approximate surface area is 170 Å². The van der Waals surface area contributed by atoms with Gasteiger partial charge < -0.3 is 14.7 Å². The Kier molecular flexibility index (Phi) is 6.59. The normalized spacial score (nSPS) is 13.9. The summed E-state index contributed by atoms with van der Waals surface area (Å²) in [6.07, 6.45) is 2.01. The number of carbonyl (C=O) groups excluding carboxylic acids is 3. The number of hydrogen-bond acceptors (Lipinski definition) is 5. The van der Waals surface area contributed by atoms with Crippen LogP contribution in [0.5, 0.6) is 0 Å². The fourth-order valence-corrected chi connectivity index (χ4v) is 3.45. The smallest absolute Gasteiger partial charge is 0.224 e. The monoisotopic (exact) mass is 394 g/mol. The molecule has 1 aliphatic rings. The highest BCUT2D eigenvalue weighted by Crippen LogP contribution is 2.18. The predicted molar refractivity (Wildman–Crippen MR) is 112 cm³/mol. The van der Waals surface area contributed by atoms with Gasteiger partial charge in [0.2, 0.25) is 11.8 Å². The van der Waals surface area contributed by atoms with Crippen LogP contribution in [-0.2, 0) is 9.59 Å². The van der Waals surface area contributed by atoms with Gasteiger partial charge in [-0.2, -0.15) is 0 Å². The van der Waals surface area contributed by atoms with Gasteiger partial charge in [-0.05, 0) is 31.2 Å². The minimum absolute atomic E-state index is 0.0274. The summed E-state index contributed by atoms with van der Waals surface area (Å²) >= 11 is 0. The van der Waals surface area contributed by atoms with Crippen molar-refractivity contribution in [3.63, 3.8) is 0 Å². The molecule has 0 saturated carbocycles. The maximum Gasteiger partial charge on any atom is 0.224 e. The van der Waals surface area contributed by atoms with Gasteiger partial charge in [0, 0.05) is 63.5 Å². The van der Waals surface area contributed by atoms with Crippen molar-refractivity contribution in [1.29, 1.82) is 0 Å². The molecule has 29 heavy (non-hydrogen) atoms. The van der Waals surface area contributed by atoms with Gasteiger partial charge in [-0.1, -0.05) is 18.2 Å². The molecule has 1 saturated heterocycles. The minimum atomic E-state index is -0.154. The molecule has 0 radical (unpaired) electrons. The number of Topliss-reactive ketones (excluding diaryl/α,β-unsaturated/α-hetero) is 1. The van der Waals surface area contributed by atoms with Crippen LogP contribution in [0, 0.1) is 0 Å². The molecule has 1 aliphatic heterocycles. The van der Waals surface area contributed by atoms with Crippen LogP contribution < -0.4 is 9.80 Å². The molecule has 1 aromatic heterocycles. The zero-order valence-corrected chi connectivity index (χ0v) is 16.9. The molecular formula is C22H26N4O3. The van der Waals surface area contributed by atoms with E-state index in [2.05, 4.69) is 9.88 Å².